The minimum absolute atomic E-state index is 0.0250. The molecule has 61 heavy (non-hydrogen) atoms. The number of carbonyl (C=O) groups excluding carboxylic acids is 4. The van der Waals surface area contributed by atoms with Gasteiger partial charge in [-0.2, -0.15) is 0 Å². The number of imidazole rings is 1. The molecule has 4 amide bonds. The number of aromatic nitrogens is 3. The molecule has 1 aromatic carbocycles. The number of benzene rings is 1. The summed E-state index contributed by atoms with van der Waals surface area (Å²) in [5.41, 5.74) is 1.26. The zero-order valence-electron chi connectivity index (χ0n) is 37.0. The van der Waals surface area contributed by atoms with Crippen LogP contribution >= 0.6 is 0 Å². The molecule has 3 aromatic rings. The Morgan fingerprint density at radius 1 is 0.852 bits per heavy atom. The summed E-state index contributed by atoms with van der Waals surface area (Å²) in [4.78, 5) is 66.8. The number of nitrogens with one attached hydrogen (secondary N) is 6. The molecule has 0 aliphatic heterocycles. The van der Waals surface area contributed by atoms with Gasteiger partial charge in [-0.3, -0.25) is 24.7 Å². The van der Waals surface area contributed by atoms with E-state index in [1.54, 1.807) is 33.2 Å². The van der Waals surface area contributed by atoms with Gasteiger partial charge in [0.25, 0.3) is 0 Å². The molecule has 336 valence electrons. The number of rotatable bonds is 22. The van der Waals surface area contributed by atoms with E-state index in [2.05, 4.69) is 41.5 Å². The number of aromatic amines is 1. The van der Waals surface area contributed by atoms with Crippen molar-refractivity contribution < 1.29 is 34.1 Å². The van der Waals surface area contributed by atoms with E-state index >= 15 is 0 Å². The molecule has 0 spiro atoms. The van der Waals surface area contributed by atoms with Crippen molar-refractivity contribution in [2.75, 3.05) is 0 Å². The first-order chi connectivity index (χ1) is 29.0. The normalized spacial score (nSPS) is 17.5. The predicted octanol–water partition coefficient (Wildman–Crippen LogP) is 4.49. The SMILES string of the molecule is CC[C@H](C)[C@H](N[C@H](C(C)C)[C@@H](O)[C@H](O)[C@H](CC1CCCCC1)NC(=O)[C@H](Cc1cnc[nH]1)NC(=O)[C@H](Cc1ccccc1)NC(=O)OC(C)(C)C)C(=O)NCc1ccccn1. The van der Waals surface area contributed by atoms with Crippen LogP contribution in [-0.2, 0) is 38.5 Å². The zero-order chi connectivity index (χ0) is 44.5. The highest BCUT2D eigenvalue weighted by Gasteiger charge is 2.40. The van der Waals surface area contributed by atoms with Gasteiger partial charge < -0.3 is 41.2 Å². The summed E-state index contributed by atoms with van der Waals surface area (Å²) >= 11 is 0. The molecular formula is C46H70N8O7. The van der Waals surface area contributed by atoms with Crippen molar-refractivity contribution in [3.05, 3.63) is 84.2 Å². The Hall–Kier alpha value is -4.86. The predicted molar refractivity (Wildman–Crippen MR) is 234 cm³/mol. The third kappa shape index (κ3) is 16.2. The number of alkyl carbamates (subject to hydrolysis) is 1. The van der Waals surface area contributed by atoms with E-state index < -0.39 is 65.9 Å². The molecule has 2 heterocycles. The lowest BCUT2D eigenvalue weighted by Gasteiger charge is -2.39. The van der Waals surface area contributed by atoms with Crippen LogP contribution < -0.4 is 26.6 Å². The molecule has 0 bridgehead atoms. The van der Waals surface area contributed by atoms with Crippen molar-refractivity contribution in [3.63, 3.8) is 0 Å². The van der Waals surface area contributed by atoms with E-state index in [0.29, 0.717) is 24.2 Å². The second kappa shape index (κ2) is 24.0. The molecule has 0 unspecified atom stereocenters. The van der Waals surface area contributed by atoms with Crippen LogP contribution in [0.3, 0.4) is 0 Å². The molecule has 15 nitrogen and oxygen atoms in total. The largest absolute Gasteiger partial charge is 0.444 e. The van der Waals surface area contributed by atoms with Crippen LogP contribution in [0.4, 0.5) is 4.79 Å². The summed E-state index contributed by atoms with van der Waals surface area (Å²) in [7, 11) is 0. The van der Waals surface area contributed by atoms with Gasteiger partial charge in [0, 0.05) is 37.0 Å². The Morgan fingerprint density at radius 2 is 1.52 bits per heavy atom. The molecule has 2 aromatic heterocycles. The van der Waals surface area contributed by atoms with Crippen LogP contribution in [0.15, 0.2) is 67.3 Å². The van der Waals surface area contributed by atoms with E-state index in [9.17, 15) is 29.4 Å². The van der Waals surface area contributed by atoms with Gasteiger partial charge in [-0.05, 0) is 62.6 Å². The van der Waals surface area contributed by atoms with Crippen LogP contribution in [0, 0.1) is 17.8 Å². The van der Waals surface area contributed by atoms with E-state index in [-0.39, 0.29) is 43.0 Å². The fraction of sp³-hybridized carbons (Fsp3) is 0.609. The van der Waals surface area contributed by atoms with Gasteiger partial charge >= 0.3 is 6.09 Å². The highest BCUT2D eigenvalue weighted by molar-refractivity contribution is 5.91. The van der Waals surface area contributed by atoms with Crippen molar-refractivity contribution in [2.45, 2.75) is 161 Å². The van der Waals surface area contributed by atoms with E-state index in [1.807, 2.05) is 76.2 Å². The number of nitrogens with zero attached hydrogens (tertiary/aromatic N) is 2. The number of H-pyrrole nitrogens is 1. The maximum absolute atomic E-state index is 14.5. The lowest BCUT2D eigenvalue weighted by molar-refractivity contribution is -0.131. The van der Waals surface area contributed by atoms with Gasteiger partial charge in [-0.15, -0.1) is 0 Å². The zero-order valence-corrected chi connectivity index (χ0v) is 37.0. The van der Waals surface area contributed by atoms with Gasteiger partial charge in [-0.25, -0.2) is 9.78 Å². The monoisotopic (exact) mass is 847 g/mol. The average Bonchev–Trinajstić information content (AvgIpc) is 3.75. The molecular weight excluding hydrogens is 777 g/mol. The fourth-order valence-corrected chi connectivity index (χ4v) is 7.82. The van der Waals surface area contributed by atoms with Crippen LogP contribution in [0.5, 0.6) is 0 Å². The highest BCUT2D eigenvalue weighted by atomic mass is 16.6. The molecule has 1 aliphatic rings. The molecule has 4 rings (SSSR count). The van der Waals surface area contributed by atoms with Crippen LogP contribution in [0.2, 0.25) is 0 Å². The quantitative estimate of drug-likeness (QED) is 0.0709. The molecule has 1 saturated carbocycles. The standard InChI is InChI=1S/C46H70N8O7/c1-8-30(4)39(44(59)49-27-33-21-15-16-22-48-33)54-38(29(2)3)41(56)40(55)35(23-31-17-11-9-12-18-31)51-43(58)37(25-34-26-47-28-50-34)52-42(57)36(24-32-19-13-10-14-20-32)53-45(60)61-46(5,6)7/h10,13-16,19-22,26,28-31,35-41,54-56H,8-9,11-12,17-18,23-25,27H2,1-7H3,(H,47,50)(H,49,59)(H,51,58)(H,52,57)(H,53,60)/t30-,35-,36-,37-,38+,39-,40+,41+/m0/s1. The van der Waals surface area contributed by atoms with Gasteiger partial charge in [-0.1, -0.05) is 103 Å². The third-order valence-electron chi connectivity index (χ3n) is 11.4. The van der Waals surface area contributed by atoms with Crippen LogP contribution in [0.25, 0.3) is 0 Å². The van der Waals surface area contributed by atoms with E-state index in [4.69, 9.17) is 4.74 Å². The lowest BCUT2D eigenvalue weighted by atomic mass is 9.81. The average molecular weight is 847 g/mol. The van der Waals surface area contributed by atoms with Crippen molar-refractivity contribution in [3.8, 4) is 0 Å². The minimum Gasteiger partial charge on any atom is -0.444 e. The summed E-state index contributed by atoms with van der Waals surface area (Å²) in [6.07, 6.45) is 7.31. The van der Waals surface area contributed by atoms with E-state index in [1.165, 1.54) is 6.33 Å². The molecule has 8 N–H and O–H groups in total. The molecule has 1 fully saturated rings. The summed E-state index contributed by atoms with van der Waals surface area (Å²) < 4.78 is 5.49. The summed E-state index contributed by atoms with van der Waals surface area (Å²) in [6.45, 7) is 13.2. The van der Waals surface area contributed by atoms with Crippen molar-refractivity contribution in [2.24, 2.45) is 17.8 Å². The summed E-state index contributed by atoms with van der Waals surface area (Å²) in [6, 6.07) is 10.1. The number of aliphatic hydroxyl groups is 2. The fourth-order valence-electron chi connectivity index (χ4n) is 7.82. The first-order valence-corrected chi connectivity index (χ1v) is 22.0. The second-order valence-electron chi connectivity index (χ2n) is 17.9. The van der Waals surface area contributed by atoms with Gasteiger partial charge in [0.05, 0.1) is 36.8 Å². The van der Waals surface area contributed by atoms with Crippen LogP contribution in [0.1, 0.15) is 110 Å². The van der Waals surface area contributed by atoms with E-state index in [0.717, 1.165) is 37.7 Å². The van der Waals surface area contributed by atoms with Gasteiger partial charge in [0.15, 0.2) is 0 Å². The number of aliphatic hydroxyl groups excluding tert-OH is 2. The van der Waals surface area contributed by atoms with Gasteiger partial charge in [0.2, 0.25) is 17.7 Å². The van der Waals surface area contributed by atoms with Gasteiger partial charge in [0.1, 0.15) is 23.8 Å². The van der Waals surface area contributed by atoms with Crippen molar-refractivity contribution in [1.29, 1.82) is 0 Å². The molecule has 0 radical (unpaired) electrons. The number of ether oxygens (including phenoxy) is 1. The van der Waals surface area contributed by atoms with Crippen LogP contribution in [-0.4, -0.2) is 97.0 Å². The maximum atomic E-state index is 14.5. The molecule has 1 aliphatic carbocycles. The molecule has 8 atom stereocenters. The number of pyridine rings is 1. The Bertz CT molecular complexity index is 1770. The first-order valence-electron chi connectivity index (χ1n) is 22.0. The lowest BCUT2D eigenvalue weighted by Crippen LogP contribution is -2.62. The highest BCUT2D eigenvalue weighted by Crippen LogP contribution is 2.29. The Labute approximate surface area is 361 Å². The maximum Gasteiger partial charge on any atom is 0.408 e. The minimum atomic E-state index is -1.44. The molecule has 0 saturated heterocycles. The number of hydrogen-bond donors (Lipinski definition) is 8. The topological polar surface area (TPSA) is 220 Å². The Morgan fingerprint density at radius 3 is 2.13 bits per heavy atom. The third-order valence-corrected chi connectivity index (χ3v) is 11.4. The molecule has 15 heteroatoms. The smallest absolute Gasteiger partial charge is 0.408 e. The number of amides is 4. The summed E-state index contributed by atoms with van der Waals surface area (Å²) in [5.74, 6) is -1.59. The Kier molecular flexibility index (Phi) is 19.2. The first kappa shape index (κ1) is 48.8. The number of hydrogen-bond acceptors (Lipinski definition) is 10. The van der Waals surface area contributed by atoms with Crippen molar-refractivity contribution in [1.82, 2.24) is 41.5 Å². The summed E-state index contributed by atoms with van der Waals surface area (Å²) in [5, 5.41) is 39.2. The second-order valence-corrected chi connectivity index (χ2v) is 17.9. The number of carbonyl (C=O) groups is 4. The van der Waals surface area contributed by atoms with Crippen molar-refractivity contribution >= 4 is 23.8 Å². The Balaban J connectivity index is 1.59.